The van der Waals surface area contributed by atoms with Crippen LogP contribution in [0.1, 0.15) is 23.9 Å². The molecule has 24 heavy (non-hydrogen) atoms. The summed E-state index contributed by atoms with van der Waals surface area (Å²) < 4.78 is 2.16. The maximum atomic E-state index is 4.75. The van der Waals surface area contributed by atoms with Gasteiger partial charge in [-0.05, 0) is 38.5 Å². The average molecular weight is 366 g/mol. The van der Waals surface area contributed by atoms with Crippen molar-refractivity contribution in [3.05, 3.63) is 47.9 Å². The zero-order valence-electron chi connectivity index (χ0n) is 13.7. The van der Waals surface area contributed by atoms with E-state index in [9.17, 15) is 0 Å². The first-order valence-corrected chi connectivity index (χ1v) is 7.70. The van der Waals surface area contributed by atoms with Gasteiger partial charge in [-0.3, -0.25) is 9.67 Å². The van der Waals surface area contributed by atoms with E-state index in [1.807, 2.05) is 37.4 Å². The van der Waals surface area contributed by atoms with E-state index in [1.54, 1.807) is 0 Å². The van der Waals surface area contributed by atoms with Crippen molar-refractivity contribution in [3.8, 4) is 0 Å². The molecule has 0 spiro atoms. The Labute approximate surface area is 153 Å². The van der Waals surface area contributed by atoms with Gasteiger partial charge in [-0.15, -0.1) is 24.8 Å². The number of anilines is 1. The molecular formula is C17H21Cl2N5. The Morgan fingerprint density at radius 1 is 1.08 bits per heavy atom. The molecule has 1 aliphatic rings. The highest BCUT2D eigenvalue weighted by Gasteiger charge is 2.26. The molecule has 5 nitrogen and oxygen atoms in total. The standard InChI is InChI=1S/C17H19N5.2ClH/c1-12-9-13(2)22(20-12)14-7-8-21(11-14)17-10-18-15-5-3-4-6-16(15)19-17;;/h3-6,9-10,14H,7-8,11H2,1-2H3;2*1H. The van der Waals surface area contributed by atoms with E-state index in [1.165, 1.54) is 5.69 Å². The van der Waals surface area contributed by atoms with Crippen LogP contribution in [0.4, 0.5) is 5.82 Å². The lowest BCUT2D eigenvalue weighted by Gasteiger charge is -2.18. The summed E-state index contributed by atoms with van der Waals surface area (Å²) in [5, 5.41) is 4.62. The molecule has 1 aromatic carbocycles. The summed E-state index contributed by atoms with van der Waals surface area (Å²) in [6, 6.07) is 10.6. The predicted octanol–water partition coefficient (Wildman–Crippen LogP) is 3.74. The molecule has 3 aromatic rings. The average Bonchev–Trinajstić information content (AvgIpc) is 3.13. The Morgan fingerprint density at radius 3 is 2.54 bits per heavy atom. The third-order valence-electron chi connectivity index (χ3n) is 4.31. The van der Waals surface area contributed by atoms with Crippen LogP contribution >= 0.6 is 24.8 Å². The van der Waals surface area contributed by atoms with Crippen LogP contribution in [-0.4, -0.2) is 32.8 Å². The Balaban J connectivity index is 0.00000104. The minimum Gasteiger partial charge on any atom is -0.353 e. The fourth-order valence-corrected chi connectivity index (χ4v) is 3.27. The van der Waals surface area contributed by atoms with Crippen molar-refractivity contribution >= 4 is 41.7 Å². The Bertz CT molecular complexity index is 833. The maximum Gasteiger partial charge on any atom is 0.147 e. The van der Waals surface area contributed by atoms with Crippen molar-refractivity contribution in [2.45, 2.75) is 26.3 Å². The molecule has 4 rings (SSSR count). The van der Waals surface area contributed by atoms with Gasteiger partial charge < -0.3 is 4.90 Å². The number of aryl methyl sites for hydroxylation is 2. The van der Waals surface area contributed by atoms with E-state index in [0.29, 0.717) is 6.04 Å². The molecule has 0 N–H and O–H groups in total. The molecule has 0 saturated carbocycles. The first-order valence-electron chi connectivity index (χ1n) is 7.70. The summed E-state index contributed by atoms with van der Waals surface area (Å²) in [7, 11) is 0. The monoisotopic (exact) mass is 365 g/mol. The molecule has 128 valence electrons. The van der Waals surface area contributed by atoms with Crippen LogP contribution in [-0.2, 0) is 0 Å². The molecule has 1 saturated heterocycles. The van der Waals surface area contributed by atoms with Gasteiger partial charge >= 0.3 is 0 Å². The van der Waals surface area contributed by atoms with Crippen molar-refractivity contribution in [2.24, 2.45) is 0 Å². The highest BCUT2D eigenvalue weighted by atomic mass is 35.5. The van der Waals surface area contributed by atoms with Crippen molar-refractivity contribution in [3.63, 3.8) is 0 Å². The quantitative estimate of drug-likeness (QED) is 0.693. The van der Waals surface area contributed by atoms with Crippen LogP contribution in [0.2, 0.25) is 0 Å². The molecule has 0 aliphatic carbocycles. The van der Waals surface area contributed by atoms with Crippen LogP contribution in [0.3, 0.4) is 0 Å². The van der Waals surface area contributed by atoms with Crippen LogP contribution < -0.4 is 4.90 Å². The number of rotatable bonds is 2. The number of hydrogen-bond donors (Lipinski definition) is 0. The zero-order chi connectivity index (χ0) is 15.1. The lowest BCUT2D eigenvalue weighted by Crippen LogP contribution is -2.22. The smallest absolute Gasteiger partial charge is 0.147 e. The van der Waals surface area contributed by atoms with Crippen LogP contribution in [0.25, 0.3) is 11.0 Å². The van der Waals surface area contributed by atoms with Gasteiger partial charge in [-0.25, -0.2) is 4.98 Å². The number of aromatic nitrogens is 4. The van der Waals surface area contributed by atoms with Gasteiger partial charge in [-0.1, -0.05) is 12.1 Å². The van der Waals surface area contributed by atoms with Gasteiger partial charge in [0.05, 0.1) is 29.0 Å². The topological polar surface area (TPSA) is 46.8 Å². The van der Waals surface area contributed by atoms with Gasteiger partial charge in [-0.2, -0.15) is 5.10 Å². The van der Waals surface area contributed by atoms with Crippen molar-refractivity contribution in [2.75, 3.05) is 18.0 Å². The first-order chi connectivity index (χ1) is 10.7. The van der Waals surface area contributed by atoms with Gasteiger partial charge in [0.2, 0.25) is 0 Å². The summed E-state index contributed by atoms with van der Waals surface area (Å²) in [6.07, 6.45) is 2.97. The molecule has 1 atom stereocenters. The molecule has 2 aromatic heterocycles. The SMILES string of the molecule is Cc1cc(C)n(C2CCN(c3cnc4ccccc4n3)C2)n1.Cl.Cl. The molecule has 0 radical (unpaired) electrons. The maximum absolute atomic E-state index is 4.75. The molecule has 1 aliphatic heterocycles. The van der Waals surface area contributed by atoms with Crippen molar-refractivity contribution < 1.29 is 0 Å². The Morgan fingerprint density at radius 2 is 1.83 bits per heavy atom. The number of para-hydroxylation sites is 2. The minimum atomic E-state index is 0. The lowest BCUT2D eigenvalue weighted by atomic mass is 10.2. The second-order valence-corrected chi connectivity index (χ2v) is 5.98. The minimum absolute atomic E-state index is 0. The van der Waals surface area contributed by atoms with Crippen molar-refractivity contribution in [1.82, 2.24) is 19.7 Å². The van der Waals surface area contributed by atoms with Gasteiger partial charge in [0.1, 0.15) is 5.82 Å². The van der Waals surface area contributed by atoms with Gasteiger partial charge in [0, 0.05) is 18.8 Å². The van der Waals surface area contributed by atoms with Crippen LogP contribution in [0.15, 0.2) is 36.5 Å². The first kappa shape index (κ1) is 18.5. The number of fused-ring (bicyclic) bond motifs is 1. The molecule has 0 bridgehead atoms. The molecule has 1 unspecified atom stereocenters. The number of benzene rings is 1. The van der Waals surface area contributed by atoms with Crippen LogP contribution in [0.5, 0.6) is 0 Å². The van der Waals surface area contributed by atoms with E-state index in [2.05, 4.69) is 32.7 Å². The van der Waals surface area contributed by atoms with Crippen molar-refractivity contribution in [1.29, 1.82) is 0 Å². The summed E-state index contributed by atoms with van der Waals surface area (Å²) in [6.45, 7) is 6.11. The number of halogens is 2. The highest BCUT2D eigenvalue weighted by Crippen LogP contribution is 2.27. The third-order valence-corrected chi connectivity index (χ3v) is 4.31. The van der Waals surface area contributed by atoms with Gasteiger partial charge in [0.25, 0.3) is 0 Å². The van der Waals surface area contributed by atoms with Crippen LogP contribution in [0, 0.1) is 13.8 Å². The third kappa shape index (κ3) is 3.32. The molecule has 0 amide bonds. The second kappa shape index (κ2) is 7.36. The summed E-state index contributed by atoms with van der Waals surface area (Å²) in [4.78, 5) is 11.6. The second-order valence-electron chi connectivity index (χ2n) is 5.98. The summed E-state index contributed by atoms with van der Waals surface area (Å²) >= 11 is 0. The lowest BCUT2D eigenvalue weighted by molar-refractivity contribution is 0.481. The van der Waals surface area contributed by atoms with Gasteiger partial charge in [0.15, 0.2) is 0 Å². The Kier molecular flexibility index (Phi) is 5.67. The normalized spacial score (nSPS) is 16.8. The summed E-state index contributed by atoms with van der Waals surface area (Å²) in [5.41, 5.74) is 4.21. The van der Waals surface area contributed by atoms with E-state index < -0.39 is 0 Å². The Hall–Kier alpha value is -1.85. The predicted molar refractivity (Wildman–Crippen MR) is 102 cm³/mol. The summed E-state index contributed by atoms with van der Waals surface area (Å²) in [5.74, 6) is 0.961. The largest absolute Gasteiger partial charge is 0.353 e. The zero-order valence-corrected chi connectivity index (χ0v) is 15.3. The molecule has 3 heterocycles. The fraction of sp³-hybridized carbons (Fsp3) is 0.353. The number of hydrogen-bond acceptors (Lipinski definition) is 4. The number of nitrogens with zero attached hydrogens (tertiary/aromatic N) is 5. The molecule has 7 heteroatoms. The molecule has 1 fully saturated rings. The van der Waals surface area contributed by atoms with E-state index in [4.69, 9.17) is 4.98 Å². The highest BCUT2D eigenvalue weighted by molar-refractivity contribution is 5.85. The van der Waals surface area contributed by atoms with E-state index in [0.717, 1.165) is 42.1 Å². The van der Waals surface area contributed by atoms with E-state index in [-0.39, 0.29) is 24.8 Å². The fourth-order valence-electron chi connectivity index (χ4n) is 3.27. The van der Waals surface area contributed by atoms with E-state index >= 15 is 0 Å². The molecular weight excluding hydrogens is 345 g/mol.